The largest absolute Gasteiger partial charge is 0.497 e. The Morgan fingerprint density at radius 2 is 1.41 bits per heavy atom. The number of nitrogens with zero attached hydrogens (tertiary/aromatic N) is 2. The van der Waals surface area contributed by atoms with Crippen molar-refractivity contribution in [2.45, 2.75) is 45.4 Å². The van der Waals surface area contributed by atoms with Crippen LogP contribution in [-0.4, -0.2) is 95.8 Å². The number of ether oxygens (including phenoxy) is 8. The van der Waals surface area contributed by atoms with Gasteiger partial charge in [0, 0.05) is 49.1 Å². The summed E-state index contributed by atoms with van der Waals surface area (Å²) in [7, 11) is 5.92. The lowest BCUT2D eigenvalue weighted by molar-refractivity contribution is -0.140. The van der Waals surface area contributed by atoms with Gasteiger partial charge in [0.1, 0.15) is 29.7 Å². The number of anilines is 2. The molecule has 0 radical (unpaired) electrons. The molecule has 0 aliphatic heterocycles. The highest BCUT2D eigenvalue weighted by Crippen LogP contribution is 2.38. The molecule has 0 bridgehead atoms. The topological polar surface area (TPSA) is 175 Å². The van der Waals surface area contributed by atoms with Crippen LogP contribution in [0.15, 0.2) is 79.0 Å². The van der Waals surface area contributed by atoms with E-state index in [1.807, 2.05) is 63.2 Å². The van der Waals surface area contributed by atoms with Gasteiger partial charge in [0.15, 0.2) is 11.5 Å². The monoisotopic (exact) mass is 838 g/mol. The summed E-state index contributed by atoms with van der Waals surface area (Å²) in [5, 5.41) is 7.26. The minimum absolute atomic E-state index is 0.0809. The Labute approximate surface area is 356 Å². The van der Waals surface area contributed by atoms with Gasteiger partial charge < -0.3 is 48.5 Å². The second kappa shape index (κ2) is 22.4. The summed E-state index contributed by atoms with van der Waals surface area (Å²) in [6, 6.07) is 21.2. The van der Waals surface area contributed by atoms with Crippen LogP contribution in [0.2, 0.25) is 0 Å². The van der Waals surface area contributed by atoms with Gasteiger partial charge in [-0.3, -0.25) is 9.59 Å². The molecule has 5 aromatic rings. The van der Waals surface area contributed by atoms with Gasteiger partial charge >= 0.3 is 12.0 Å². The van der Waals surface area contributed by atoms with Crippen molar-refractivity contribution in [3.05, 3.63) is 102 Å². The number of ketones is 1. The van der Waals surface area contributed by atoms with Crippen molar-refractivity contribution in [2.24, 2.45) is 0 Å². The number of methoxy groups -OCH3 is 4. The SMILES string of the molecule is COCCOCCOCCOc1cc(Cc2nccc(Oc3ccc(NC(=O)Nc4cc(C(C)(C)C)cc(C(=O)CCC(=O)OC)c4OC)c4ccccc34)n2)cc(OC)c1. The first-order valence-electron chi connectivity index (χ1n) is 19.8. The quantitative estimate of drug-likeness (QED) is 0.0388. The van der Waals surface area contributed by atoms with E-state index in [0.29, 0.717) is 91.8 Å². The number of esters is 1. The van der Waals surface area contributed by atoms with E-state index < -0.39 is 12.0 Å². The van der Waals surface area contributed by atoms with Gasteiger partial charge in [-0.2, -0.15) is 4.98 Å². The molecule has 61 heavy (non-hydrogen) atoms. The number of carbonyl (C=O) groups is 3. The van der Waals surface area contributed by atoms with Crippen molar-refractivity contribution in [1.82, 2.24) is 9.97 Å². The maximum atomic E-state index is 13.6. The first-order chi connectivity index (χ1) is 29.4. The molecule has 0 saturated heterocycles. The summed E-state index contributed by atoms with van der Waals surface area (Å²) in [6.07, 6.45) is 1.85. The molecule has 2 amide bonds. The van der Waals surface area contributed by atoms with Gasteiger partial charge in [0.05, 0.1) is 77.7 Å². The Kier molecular flexibility index (Phi) is 16.8. The number of aromatic nitrogens is 2. The number of hydrogen-bond donors (Lipinski definition) is 2. The molecule has 0 aliphatic rings. The highest BCUT2D eigenvalue weighted by atomic mass is 16.6. The molecule has 15 heteroatoms. The number of urea groups is 1. The van der Waals surface area contributed by atoms with Crippen molar-refractivity contribution < 1.29 is 52.3 Å². The van der Waals surface area contributed by atoms with Gasteiger partial charge in [-0.15, -0.1) is 0 Å². The second-order valence-electron chi connectivity index (χ2n) is 14.8. The molecule has 324 valence electrons. The number of hydrogen-bond acceptors (Lipinski definition) is 13. The van der Waals surface area contributed by atoms with Crippen LogP contribution >= 0.6 is 0 Å². The molecule has 15 nitrogen and oxygen atoms in total. The summed E-state index contributed by atoms with van der Waals surface area (Å²) in [4.78, 5) is 47.9. The zero-order valence-corrected chi connectivity index (χ0v) is 35.8. The minimum Gasteiger partial charge on any atom is -0.497 e. The van der Waals surface area contributed by atoms with Crippen molar-refractivity contribution in [2.75, 3.05) is 78.7 Å². The smallest absolute Gasteiger partial charge is 0.323 e. The molecule has 0 saturated carbocycles. The van der Waals surface area contributed by atoms with Crippen LogP contribution in [0.4, 0.5) is 16.2 Å². The van der Waals surface area contributed by atoms with Gasteiger partial charge in [0.25, 0.3) is 0 Å². The molecule has 0 fully saturated rings. The first-order valence-corrected chi connectivity index (χ1v) is 19.8. The maximum absolute atomic E-state index is 13.6. The summed E-state index contributed by atoms with van der Waals surface area (Å²) in [5.41, 5.74) is 2.36. The molecule has 0 aliphatic carbocycles. The molecule has 5 rings (SSSR count). The summed E-state index contributed by atoms with van der Waals surface area (Å²) < 4.78 is 44.1. The molecule has 4 aromatic carbocycles. The van der Waals surface area contributed by atoms with Crippen LogP contribution in [0.1, 0.15) is 60.9 Å². The van der Waals surface area contributed by atoms with Gasteiger partial charge in [0.2, 0.25) is 5.88 Å². The number of carbonyl (C=O) groups excluding carboxylic acids is 3. The average molecular weight is 839 g/mol. The highest BCUT2D eigenvalue weighted by molar-refractivity contribution is 6.09. The van der Waals surface area contributed by atoms with Crippen molar-refractivity contribution >= 4 is 39.9 Å². The standard InChI is InChI=1S/C46H54N4O11/c1-46(2,3)31-27-36(39(51)13-15-43(52)56-6)44(57-7)38(28-31)49-45(53)48-37-12-14-40(35-11-9-8-10-34(35)37)61-42-16-17-47-41(50-42)26-30-24-32(55-5)29-33(25-30)60-23-22-59-21-20-58-19-18-54-4/h8-12,14,16-17,24-25,27-29H,13,15,18-23,26H2,1-7H3,(H2,48,49,53). The van der Waals surface area contributed by atoms with Crippen molar-refractivity contribution in [3.63, 3.8) is 0 Å². The normalized spacial score (nSPS) is 11.2. The fourth-order valence-corrected chi connectivity index (χ4v) is 6.21. The van der Waals surface area contributed by atoms with E-state index in [1.165, 1.54) is 14.2 Å². The Bertz CT molecular complexity index is 2280. The lowest BCUT2D eigenvalue weighted by Crippen LogP contribution is -2.22. The first kappa shape index (κ1) is 45.8. The summed E-state index contributed by atoms with van der Waals surface area (Å²) >= 11 is 0. The van der Waals surface area contributed by atoms with Crippen LogP contribution < -0.4 is 29.6 Å². The zero-order valence-electron chi connectivity index (χ0n) is 35.8. The number of Topliss-reactive ketones (excluding diaryl/α,β-unsaturated/α-hetero) is 1. The second-order valence-corrected chi connectivity index (χ2v) is 14.8. The third-order valence-electron chi connectivity index (χ3n) is 9.36. The van der Waals surface area contributed by atoms with E-state index >= 15 is 0 Å². The third kappa shape index (κ3) is 13.4. The van der Waals surface area contributed by atoms with E-state index in [9.17, 15) is 14.4 Å². The summed E-state index contributed by atoms with van der Waals surface area (Å²) in [6.45, 7) is 8.74. The third-order valence-corrected chi connectivity index (χ3v) is 9.36. The summed E-state index contributed by atoms with van der Waals surface area (Å²) in [5.74, 6) is 2.00. The number of benzene rings is 4. The Hall–Kier alpha value is -6.29. The molecular formula is C46H54N4O11. The van der Waals surface area contributed by atoms with Crippen LogP contribution in [0.3, 0.4) is 0 Å². The van der Waals surface area contributed by atoms with Crippen LogP contribution in [0, 0.1) is 0 Å². The van der Waals surface area contributed by atoms with Crippen molar-refractivity contribution in [3.8, 4) is 28.9 Å². The molecule has 0 atom stereocenters. The predicted molar refractivity (Wildman–Crippen MR) is 231 cm³/mol. The zero-order chi connectivity index (χ0) is 43.8. The van der Waals surface area contributed by atoms with Crippen LogP contribution in [0.5, 0.6) is 28.9 Å². The van der Waals surface area contributed by atoms with Gasteiger partial charge in [-0.25, -0.2) is 9.78 Å². The van der Waals surface area contributed by atoms with E-state index in [1.54, 1.807) is 50.7 Å². The van der Waals surface area contributed by atoms with E-state index in [-0.39, 0.29) is 35.4 Å². The number of fused-ring (bicyclic) bond motifs is 1. The van der Waals surface area contributed by atoms with E-state index in [4.69, 9.17) is 37.9 Å². The molecule has 2 N–H and O–H groups in total. The minimum atomic E-state index is -0.560. The van der Waals surface area contributed by atoms with Crippen molar-refractivity contribution in [1.29, 1.82) is 0 Å². The van der Waals surface area contributed by atoms with Gasteiger partial charge in [-0.1, -0.05) is 45.0 Å². The Balaban J connectivity index is 1.28. The molecule has 1 heterocycles. The fourth-order valence-electron chi connectivity index (χ4n) is 6.21. The molecule has 0 spiro atoms. The number of rotatable bonds is 22. The lowest BCUT2D eigenvalue weighted by atomic mass is 9.84. The highest BCUT2D eigenvalue weighted by Gasteiger charge is 2.25. The molecule has 0 unspecified atom stereocenters. The average Bonchev–Trinajstić information content (AvgIpc) is 3.25. The van der Waals surface area contributed by atoms with Crippen LogP contribution in [-0.2, 0) is 35.6 Å². The Morgan fingerprint density at radius 3 is 2.11 bits per heavy atom. The van der Waals surface area contributed by atoms with Crippen LogP contribution in [0.25, 0.3) is 10.8 Å². The molecular weight excluding hydrogens is 785 g/mol. The number of nitrogens with one attached hydrogen (secondary N) is 2. The molecule has 1 aromatic heterocycles. The van der Waals surface area contributed by atoms with Gasteiger partial charge in [-0.05, 0) is 52.9 Å². The maximum Gasteiger partial charge on any atom is 0.323 e. The predicted octanol–water partition coefficient (Wildman–Crippen LogP) is 8.17. The fraction of sp³-hybridized carbons (Fsp3) is 0.370. The van der Waals surface area contributed by atoms with E-state index in [2.05, 4.69) is 20.6 Å². The number of amides is 2. The Morgan fingerprint density at radius 1 is 0.705 bits per heavy atom. The lowest BCUT2D eigenvalue weighted by Gasteiger charge is -2.23. The van der Waals surface area contributed by atoms with E-state index in [0.717, 1.165) is 16.5 Å².